The summed E-state index contributed by atoms with van der Waals surface area (Å²) in [4.78, 5) is 28.4. The van der Waals surface area contributed by atoms with Crippen molar-refractivity contribution in [3.63, 3.8) is 0 Å². The zero-order valence-corrected chi connectivity index (χ0v) is 17.7. The van der Waals surface area contributed by atoms with Crippen molar-refractivity contribution in [1.82, 2.24) is 15.0 Å². The number of fused-ring (bicyclic) bond motifs is 1. The molecule has 1 fully saturated rings. The van der Waals surface area contributed by atoms with Crippen LogP contribution in [0.1, 0.15) is 49.2 Å². The molecule has 1 saturated heterocycles. The van der Waals surface area contributed by atoms with Gasteiger partial charge in [0.15, 0.2) is 0 Å². The van der Waals surface area contributed by atoms with E-state index in [4.69, 9.17) is 5.73 Å². The summed E-state index contributed by atoms with van der Waals surface area (Å²) in [5, 5.41) is 2.99. The third-order valence-corrected chi connectivity index (χ3v) is 5.54. The van der Waals surface area contributed by atoms with Crippen LogP contribution in [0.3, 0.4) is 0 Å². The van der Waals surface area contributed by atoms with Crippen LogP contribution in [-0.2, 0) is 0 Å². The molecule has 3 aromatic rings. The Morgan fingerprint density at radius 3 is 2.80 bits per heavy atom. The molecule has 2 atom stereocenters. The molecule has 1 aliphatic heterocycles. The molecule has 0 aromatic carbocycles. The summed E-state index contributed by atoms with van der Waals surface area (Å²) in [6.07, 6.45) is 6.29. The number of amides is 1. The lowest BCUT2D eigenvalue weighted by molar-refractivity contribution is 0.102. The highest BCUT2D eigenvalue weighted by molar-refractivity contribution is 6.05. The number of pyridine rings is 3. The van der Waals surface area contributed by atoms with Gasteiger partial charge in [-0.3, -0.25) is 14.8 Å². The lowest BCUT2D eigenvalue weighted by atomic mass is 9.96. The number of rotatable bonds is 4. The van der Waals surface area contributed by atoms with E-state index < -0.39 is 0 Å². The van der Waals surface area contributed by atoms with E-state index in [1.54, 1.807) is 18.5 Å². The summed E-state index contributed by atoms with van der Waals surface area (Å²) in [5.74, 6) is 0.572. The summed E-state index contributed by atoms with van der Waals surface area (Å²) in [6, 6.07) is 7.57. The van der Waals surface area contributed by atoms with Crippen molar-refractivity contribution in [2.45, 2.75) is 39.2 Å². The number of hydrogen-bond acceptors (Lipinski definition) is 6. The number of carbonyl (C=O) groups excluding carboxylic acids is 1. The maximum Gasteiger partial charge on any atom is 0.274 e. The molecule has 0 spiro atoms. The summed E-state index contributed by atoms with van der Waals surface area (Å²) < 4.78 is 0. The van der Waals surface area contributed by atoms with Crippen molar-refractivity contribution in [3.8, 4) is 0 Å². The normalized spacial score (nSPS) is 19.3. The predicted molar refractivity (Wildman–Crippen MR) is 120 cm³/mol. The van der Waals surface area contributed by atoms with Gasteiger partial charge in [-0.1, -0.05) is 20.8 Å². The second-order valence-corrected chi connectivity index (χ2v) is 8.51. The third kappa shape index (κ3) is 4.26. The minimum absolute atomic E-state index is 0.121. The second-order valence-electron chi connectivity index (χ2n) is 8.51. The van der Waals surface area contributed by atoms with Gasteiger partial charge in [-0.15, -0.1) is 0 Å². The molecule has 3 N–H and O–H groups in total. The quantitative estimate of drug-likeness (QED) is 0.690. The first-order chi connectivity index (χ1) is 14.4. The standard InChI is InChI=1S/C23H28N6O/c1-14(2)16-9-20-18(26-10-16)4-5-19(27-20)23(30)28-21-11-25-7-6-22(21)29-12-15(3)8-17(24)13-29/h4-7,9-11,14-15,17H,8,12-13,24H2,1-3H3,(H,28,30). The maximum atomic E-state index is 13.0. The molecular weight excluding hydrogens is 376 g/mol. The van der Waals surface area contributed by atoms with Crippen molar-refractivity contribution in [2.24, 2.45) is 11.7 Å². The molecule has 30 heavy (non-hydrogen) atoms. The van der Waals surface area contributed by atoms with Gasteiger partial charge in [0.25, 0.3) is 5.91 Å². The van der Waals surface area contributed by atoms with Crippen LogP contribution in [0.4, 0.5) is 11.4 Å². The Hall–Kier alpha value is -3.06. The van der Waals surface area contributed by atoms with Crippen LogP contribution in [0.2, 0.25) is 0 Å². The van der Waals surface area contributed by atoms with Gasteiger partial charge in [-0.2, -0.15) is 0 Å². The molecule has 7 nitrogen and oxygen atoms in total. The molecular formula is C23H28N6O. The highest BCUT2D eigenvalue weighted by atomic mass is 16.1. The molecule has 0 aliphatic carbocycles. The number of piperidine rings is 1. The van der Waals surface area contributed by atoms with Crippen molar-refractivity contribution in [1.29, 1.82) is 0 Å². The average molecular weight is 405 g/mol. The van der Waals surface area contributed by atoms with Crippen molar-refractivity contribution >= 4 is 28.3 Å². The maximum absolute atomic E-state index is 13.0. The fourth-order valence-electron chi connectivity index (χ4n) is 4.01. The van der Waals surface area contributed by atoms with E-state index in [1.165, 1.54) is 0 Å². The summed E-state index contributed by atoms with van der Waals surface area (Å²) in [5.41, 5.74) is 10.8. The molecule has 4 rings (SSSR count). The Balaban J connectivity index is 1.60. The van der Waals surface area contributed by atoms with Gasteiger partial charge < -0.3 is 16.0 Å². The molecule has 3 aromatic heterocycles. The molecule has 0 bridgehead atoms. The van der Waals surface area contributed by atoms with Crippen LogP contribution in [0, 0.1) is 5.92 Å². The van der Waals surface area contributed by atoms with Gasteiger partial charge in [-0.25, -0.2) is 4.98 Å². The van der Waals surface area contributed by atoms with E-state index >= 15 is 0 Å². The summed E-state index contributed by atoms with van der Waals surface area (Å²) in [7, 11) is 0. The SMILES string of the molecule is CC1CC(N)CN(c2ccncc2NC(=O)c2ccc3ncc(C(C)C)cc3n2)C1. The topological polar surface area (TPSA) is 97.0 Å². The van der Waals surface area contributed by atoms with E-state index in [1.807, 2.05) is 24.4 Å². The zero-order valence-electron chi connectivity index (χ0n) is 17.7. The zero-order chi connectivity index (χ0) is 21.3. The number of anilines is 2. The van der Waals surface area contributed by atoms with Crippen LogP contribution in [0.15, 0.2) is 42.9 Å². The molecule has 1 aliphatic rings. The molecule has 7 heteroatoms. The fraction of sp³-hybridized carbons (Fsp3) is 0.391. The van der Waals surface area contributed by atoms with Crippen LogP contribution in [0.25, 0.3) is 11.0 Å². The first kappa shape index (κ1) is 20.2. The van der Waals surface area contributed by atoms with Crippen LogP contribution >= 0.6 is 0 Å². The van der Waals surface area contributed by atoms with E-state index in [0.29, 0.717) is 23.2 Å². The van der Waals surface area contributed by atoms with Crippen LogP contribution in [0.5, 0.6) is 0 Å². The number of hydrogen-bond donors (Lipinski definition) is 2. The Labute approximate surface area is 176 Å². The Bertz CT molecular complexity index is 1060. The smallest absolute Gasteiger partial charge is 0.274 e. The average Bonchev–Trinajstić information content (AvgIpc) is 2.72. The molecule has 1 amide bonds. The molecule has 156 valence electrons. The van der Waals surface area contributed by atoms with E-state index in [-0.39, 0.29) is 11.9 Å². The number of nitrogens with zero attached hydrogens (tertiary/aromatic N) is 4. The first-order valence-electron chi connectivity index (χ1n) is 10.4. The molecule has 0 radical (unpaired) electrons. The summed E-state index contributed by atoms with van der Waals surface area (Å²) >= 11 is 0. The number of aromatic nitrogens is 3. The third-order valence-electron chi connectivity index (χ3n) is 5.54. The van der Waals surface area contributed by atoms with Gasteiger partial charge in [0, 0.05) is 31.5 Å². The number of nitrogens with two attached hydrogens (primary N) is 1. The van der Waals surface area contributed by atoms with Crippen LogP contribution < -0.4 is 16.0 Å². The fourth-order valence-corrected chi connectivity index (χ4v) is 4.01. The highest BCUT2D eigenvalue weighted by Gasteiger charge is 2.24. The largest absolute Gasteiger partial charge is 0.368 e. The lowest BCUT2D eigenvalue weighted by Gasteiger charge is -2.37. The minimum atomic E-state index is -0.268. The second kappa shape index (κ2) is 8.36. The van der Waals surface area contributed by atoms with Crippen molar-refractivity contribution in [2.75, 3.05) is 23.3 Å². The van der Waals surface area contributed by atoms with E-state index in [0.717, 1.165) is 41.8 Å². The monoisotopic (exact) mass is 404 g/mol. The Morgan fingerprint density at radius 1 is 1.20 bits per heavy atom. The van der Waals surface area contributed by atoms with Gasteiger partial charge in [0.1, 0.15) is 5.69 Å². The van der Waals surface area contributed by atoms with Gasteiger partial charge in [0.2, 0.25) is 0 Å². The number of carbonyl (C=O) groups is 1. The van der Waals surface area contributed by atoms with Gasteiger partial charge in [0.05, 0.1) is 28.6 Å². The Kier molecular flexibility index (Phi) is 5.63. The van der Waals surface area contributed by atoms with Gasteiger partial charge in [-0.05, 0) is 48.1 Å². The minimum Gasteiger partial charge on any atom is -0.368 e. The van der Waals surface area contributed by atoms with Crippen molar-refractivity contribution in [3.05, 3.63) is 54.1 Å². The number of nitrogens with one attached hydrogen (secondary N) is 1. The highest BCUT2D eigenvalue weighted by Crippen LogP contribution is 2.29. The van der Waals surface area contributed by atoms with Crippen molar-refractivity contribution < 1.29 is 4.79 Å². The Morgan fingerprint density at radius 2 is 2.03 bits per heavy atom. The van der Waals surface area contributed by atoms with Gasteiger partial charge >= 0.3 is 0 Å². The molecule has 0 saturated carbocycles. The van der Waals surface area contributed by atoms with E-state index in [9.17, 15) is 4.79 Å². The molecule has 4 heterocycles. The lowest BCUT2D eigenvalue weighted by Crippen LogP contribution is -2.46. The van der Waals surface area contributed by atoms with E-state index in [2.05, 4.69) is 45.9 Å². The predicted octanol–water partition coefficient (Wildman–Crippen LogP) is 3.57. The van der Waals surface area contributed by atoms with Crippen LogP contribution in [-0.4, -0.2) is 40.0 Å². The molecule has 2 unspecified atom stereocenters. The first-order valence-corrected chi connectivity index (χ1v) is 10.4. The summed E-state index contributed by atoms with van der Waals surface area (Å²) in [6.45, 7) is 8.07.